The molecule has 154 valence electrons. The van der Waals surface area contributed by atoms with Gasteiger partial charge in [0.2, 0.25) is 0 Å². The minimum atomic E-state index is -3.08. The van der Waals surface area contributed by atoms with Crippen molar-refractivity contribution in [3.63, 3.8) is 0 Å². The predicted molar refractivity (Wildman–Crippen MR) is 108 cm³/mol. The quantitative estimate of drug-likeness (QED) is 0.302. The predicted octanol–water partition coefficient (Wildman–Crippen LogP) is 1.26. The van der Waals surface area contributed by atoms with Crippen LogP contribution in [0.25, 0.3) is 0 Å². The molecular weight excluding hydrogens is 433 g/mol. The van der Waals surface area contributed by atoms with E-state index in [1.807, 2.05) is 4.90 Å². The van der Waals surface area contributed by atoms with Crippen LogP contribution >= 0.6 is 31.0 Å². The Morgan fingerprint density at radius 2 is 2.21 bits per heavy atom. The fourth-order valence-electron chi connectivity index (χ4n) is 3.46. The van der Waals surface area contributed by atoms with Gasteiger partial charge in [-0.15, -0.1) is 0 Å². The van der Waals surface area contributed by atoms with Gasteiger partial charge >= 0.3 is 173 Å². The third kappa shape index (κ3) is 3.80. The molecule has 0 aromatic heterocycles. The number of nitrogens with zero attached hydrogens (tertiary/aromatic N) is 1. The molecule has 2 fully saturated rings. The average Bonchev–Trinajstić information content (AvgIpc) is 3.16. The number of hydrogen-bond acceptors (Lipinski definition) is 9. The number of halogens is 2. The van der Waals surface area contributed by atoms with Crippen LogP contribution < -0.4 is 10.2 Å². The first-order chi connectivity index (χ1) is 13.3. The molecule has 0 radical (unpaired) electrons. The van der Waals surface area contributed by atoms with Gasteiger partial charge in [0.05, 0.1) is 0 Å². The number of esters is 1. The van der Waals surface area contributed by atoms with Gasteiger partial charge in [-0.3, -0.25) is 0 Å². The third-order valence-corrected chi connectivity index (χ3v) is 7.60. The molecule has 9 nitrogen and oxygen atoms in total. The first kappa shape index (κ1) is 20.4. The Morgan fingerprint density at radius 1 is 1.46 bits per heavy atom. The van der Waals surface area contributed by atoms with E-state index in [9.17, 15) is 9.90 Å². The summed E-state index contributed by atoms with van der Waals surface area (Å²) in [6.07, 6.45) is -2.68. The average molecular weight is 453 g/mol. The Hall–Kier alpha value is -0.835. The number of nitrogens with one attached hydrogen (secondary N) is 1. The first-order valence-corrected chi connectivity index (χ1v) is 11.7. The zero-order valence-electron chi connectivity index (χ0n) is 15.2. The van der Waals surface area contributed by atoms with Crippen molar-refractivity contribution in [2.24, 2.45) is 0 Å². The van der Waals surface area contributed by atoms with Gasteiger partial charge in [0.1, 0.15) is 0 Å². The molecule has 1 aromatic rings. The summed E-state index contributed by atoms with van der Waals surface area (Å²) < 4.78 is 28.0. The van der Waals surface area contributed by atoms with E-state index in [1.165, 1.54) is 6.92 Å². The van der Waals surface area contributed by atoms with Crippen molar-refractivity contribution in [3.05, 3.63) is 22.2 Å². The Labute approximate surface area is 173 Å². The molecule has 3 aliphatic rings. The van der Waals surface area contributed by atoms with E-state index < -0.39 is 38.3 Å². The SMILES string of the molecule is B[PH]1(OCOC(C)=O)OCC2O[C@@H](N3CNc4cc(Cl)c(Cl)cc43)[C@@H](O)[C@H]2O1. The molecule has 3 heterocycles. The van der Waals surface area contributed by atoms with Crippen molar-refractivity contribution in [2.75, 3.05) is 30.3 Å². The maximum atomic E-state index is 10.9. The number of carbonyl (C=O) groups is 1. The molecule has 0 saturated carbocycles. The molecule has 0 amide bonds. The topological polar surface area (TPSA) is 98.7 Å². The van der Waals surface area contributed by atoms with Crippen LogP contribution in [-0.2, 0) is 27.8 Å². The fourth-order valence-corrected chi connectivity index (χ4v) is 5.53. The van der Waals surface area contributed by atoms with Gasteiger partial charge in [0.25, 0.3) is 0 Å². The van der Waals surface area contributed by atoms with Gasteiger partial charge in [-0.1, -0.05) is 0 Å². The van der Waals surface area contributed by atoms with Crippen LogP contribution in [0.5, 0.6) is 0 Å². The number of aliphatic hydroxyl groups is 1. The Balaban J connectivity index is 1.47. The van der Waals surface area contributed by atoms with Crippen molar-refractivity contribution in [2.45, 2.75) is 31.5 Å². The number of hydrogen-bond donors (Lipinski definition) is 2. The second-order valence-corrected chi connectivity index (χ2v) is 10.1. The van der Waals surface area contributed by atoms with Crippen molar-refractivity contribution in [1.29, 1.82) is 0 Å². The molecular formula is C15H20BCl2N2O7P. The Morgan fingerprint density at radius 3 is 2.96 bits per heavy atom. The number of aliphatic hydroxyl groups excluding tert-OH is 1. The van der Waals surface area contributed by atoms with Crippen molar-refractivity contribution in [1.82, 2.24) is 0 Å². The van der Waals surface area contributed by atoms with Crippen LogP contribution in [0.4, 0.5) is 11.4 Å². The first-order valence-electron chi connectivity index (χ1n) is 8.69. The summed E-state index contributed by atoms with van der Waals surface area (Å²) in [4.78, 5) is 12.8. The number of benzene rings is 1. The number of rotatable bonds is 4. The summed E-state index contributed by atoms with van der Waals surface area (Å²) in [5, 5.41) is 15.0. The van der Waals surface area contributed by atoms with Crippen molar-refractivity contribution >= 4 is 55.9 Å². The van der Waals surface area contributed by atoms with E-state index >= 15 is 0 Å². The van der Waals surface area contributed by atoms with Crippen molar-refractivity contribution < 1.29 is 32.9 Å². The Kier molecular flexibility index (Phi) is 5.68. The zero-order chi connectivity index (χ0) is 20.1. The minimum absolute atomic E-state index is 0.205. The summed E-state index contributed by atoms with van der Waals surface area (Å²) in [5.74, 6) is -0.463. The van der Waals surface area contributed by atoms with Crippen LogP contribution in [0.1, 0.15) is 6.92 Å². The number of fused-ring (bicyclic) bond motifs is 2. The van der Waals surface area contributed by atoms with Gasteiger partial charge in [-0.2, -0.15) is 0 Å². The second-order valence-electron chi connectivity index (χ2n) is 6.80. The summed E-state index contributed by atoms with van der Waals surface area (Å²) in [7, 11) is -1.40. The van der Waals surface area contributed by atoms with Crippen LogP contribution in [0.2, 0.25) is 10.0 Å². The molecule has 0 spiro atoms. The van der Waals surface area contributed by atoms with E-state index in [1.54, 1.807) is 19.7 Å². The summed E-state index contributed by atoms with van der Waals surface area (Å²) in [5.41, 5.74) is 1.59. The third-order valence-electron chi connectivity index (χ3n) is 4.85. The molecule has 2 N–H and O–H groups in total. The standard InChI is InChI=1S/C15H20BCl2N2O7P/c1-7(21)23-6-25-28(16)24-4-12-14(27-28)13(22)15(26-12)20-5-19-10-2-8(17)9(18)3-11(10)20/h2-3,12-15,19,22,28H,4-6,16H2,1H3/t12?,13-,14-,15+/m0/s1. The summed E-state index contributed by atoms with van der Waals surface area (Å²) in [6.45, 7) is 1.65. The molecule has 4 rings (SSSR count). The van der Waals surface area contributed by atoms with Crippen LogP contribution in [0.15, 0.2) is 12.1 Å². The van der Waals surface area contributed by atoms with Gasteiger partial charge < -0.3 is 0 Å². The van der Waals surface area contributed by atoms with Crippen LogP contribution in [-0.4, -0.2) is 63.2 Å². The van der Waals surface area contributed by atoms with Crippen molar-refractivity contribution in [3.8, 4) is 0 Å². The molecule has 3 aliphatic heterocycles. The molecule has 1 aromatic carbocycles. The van der Waals surface area contributed by atoms with Gasteiger partial charge in [0, 0.05) is 0 Å². The molecule has 0 bridgehead atoms. The van der Waals surface area contributed by atoms with E-state index in [0.717, 1.165) is 11.4 Å². The molecule has 28 heavy (non-hydrogen) atoms. The van der Waals surface area contributed by atoms with Crippen LogP contribution in [0.3, 0.4) is 0 Å². The number of anilines is 2. The van der Waals surface area contributed by atoms with E-state index in [0.29, 0.717) is 16.7 Å². The van der Waals surface area contributed by atoms with E-state index in [4.69, 9.17) is 46.2 Å². The Bertz CT molecular complexity index is 793. The van der Waals surface area contributed by atoms with E-state index in [2.05, 4.69) is 5.32 Å². The summed E-state index contributed by atoms with van der Waals surface area (Å²) >= 11 is 12.2. The van der Waals surface area contributed by atoms with Gasteiger partial charge in [-0.05, 0) is 0 Å². The number of carbonyl (C=O) groups excluding carboxylic acids is 1. The molecule has 2 saturated heterocycles. The fraction of sp³-hybridized carbons (Fsp3) is 0.533. The van der Waals surface area contributed by atoms with Gasteiger partial charge in [0.15, 0.2) is 0 Å². The normalized spacial score (nSPS) is 31.6. The van der Waals surface area contributed by atoms with Crippen LogP contribution in [0, 0.1) is 0 Å². The maximum absolute atomic E-state index is 10.9. The zero-order valence-corrected chi connectivity index (χ0v) is 17.7. The van der Waals surface area contributed by atoms with Gasteiger partial charge in [-0.25, -0.2) is 0 Å². The second kappa shape index (κ2) is 7.77. The monoisotopic (exact) mass is 452 g/mol. The molecule has 4 atom stereocenters. The molecule has 13 heteroatoms. The summed E-state index contributed by atoms with van der Waals surface area (Å²) in [6, 6.07) is 3.47. The molecule has 0 aliphatic carbocycles. The molecule has 1 unspecified atom stereocenters. The number of ether oxygens (including phenoxy) is 2. The van der Waals surface area contributed by atoms with E-state index in [-0.39, 0.29) is 13.4 Å².